The molecule has 3 N–H and O–H groups in total. The Labute approximate surface area is 101 Å². The van der Waals surface area contributed by atoms with E-state index in [1.165, 1.54) is 0 Å². The Morgan fingerprint density at radius 3 is 2.76 bits per heavy atom. The van der Waals surface area contributed by atoms with E-state index < -0.39 is 6.04 Å². The van der Waals surface area contributed by atoms with Gasteiger partial charge in [0.25, 0.3) is 0 Å². The number of hydrogen-bond donors (Lipinski definition) is 2. The number of carbonyl (C=O) groups is 1. The second-order valence-corrected chi connectivity index (χ2v) is 3.85. The number of unbranched alkanes of at least 4 members (excludes halogenated alkanes) is 1. The molecule has 0 aliphatic carbocycles. The average Bonchev–Trinajstić information content (AvgIpc) is 2.35. The van der Waals surface area contributed by atoms with Crippen LogP contribution >= 0.6 is 0 Å². The van der Waals surface area contributed by atoms with Crippen LogP contribution in [0.25, 0.3) is 0 Å². The molecule has 0 saturated carbocycles. The van der Waals surface area contributed by atoms with Crippen LogP contribution in [-0.2, 0) is 11.2 Å². The Kier molecular flexibility index (Phi) is 5.76. The maximum Gasteiger partial charge on any atom is 0.237 e. The molecule has 1 atom stereocenters. The van der Waals surface area contributed by atoms with Crippen molar-refractivity contribution in [3.05, 3.63) is 35.9 Å². The molecule has 17 heavy (non-hydrogen) atoms. The first-order valence-electron chi connectivity index (χ1n) is 5.68. The van der Waals surface area contributed by atoms with Crippen molar-refractivity contribution in [3.63, 3.8) is 0 Å². The summed E-state index contributed by atoms with van der Waals surface area (Å²) in [6, 6.07) is 11.2. The lowest BCUT2D eigenvalue weighted by atomic mass is 10.1. The summed E-state index contributed by atoms with van der Waals surface area (Å²) in [7, 11) is 0. The summed E-state index contributed by atoms with van der Waals surface area (Å²) in [5.74, 6) is -0.160. The Balaban J connectivity index is 2.30. The van der Waals surface area contributed by atoms with E-state index in [4.69, 9.17) is 11.0 Å². The molecular weight excluding hydrogens is 214 g/mol. The van der Waals surface area contributed by atoms with Crippen molar-refractivity contribution in [2.45, 2.75) is 25.3 Å². The number of nitrogens with two attached hydrogens (primary N) is 1. The standard InChI is InChI=1S/C13H17N3O/c14-8-4-5-9-16-13(17)12(15)10-11-6-2-1-3-7-11/h1-3,6-7,12H,4-5,9-10,15H2,(H,16,17)/t12-/m1/s1. The average molecular weight is 231 g/mol. The first-order valence-corrected chi connectivity index (χ1v) is 5.68. The molecule has 1 rings (SSSR count). The fraction of sp³-hybridized carbons (Fsp3) is 0.385. The van der Waals surface area contributed by atoms with Crippen molar-refractivity contribution in [2.75, 3.05) is 6.54 Å². The Hall–Kier alpha value is -1.86. The van der Waals surface area contributed by atoms with Gasteiger partial charge >= 0.3 is 0 Å². The van der Waals surface area contributed by atoms with Gasteiger partial charge in [-0.1, -0.05) is 30.3 Å². The molecule has 0 aliphatic heterocycles. The summed E-state index contributed by atoms with van der Waals surface area (Å²) >= 11 is 0. The summed E-state index contributed by atoms with van der Waals surface area (Å²) in [6.07, 6.45) is 1.65. The van der Waals surface area contributed by atoms with Gasteiger partial charge in [0.2, 0.25) is 5.91 Å². The zero-order valence-electron chi connectivity index (χ0n) is 9.73. The number of benzene rings is 1. The number of carbonyl (C=O) groups excluding carboxylic acids is 1. The molecule has 1 amide bonds. The number of nitrogens with zero attached hydrogens (tertiary/aromatic N) is 1. The molecule has 0 aliphatic rings. The van der Waals surface area contributed by atoms with E-state index >= 15 is 0 Å². The quantitative estimate of drug-likeness (QED) is 0.716. The van der Waals surface area contributed by atoms with Gasteiger partial charge in [-0.05, 0) is 18.4 Å². The third-order valence-corrected chi connectivity index (χ3v) is 2.40. The lowest BCUT2D eigenvalue weighted by Gasteiger charge is -2.11. The molecule has 4 nitrogen and oxygen atoms in total. The monoisotopic (exact) mass is 231 g/mol. The molecule has 0 spiro atoms. The van der Waals surface area contributed by atoms with E-state index in [2.05, 4.69) is 5.32 Å². The number of nitriles is 1. The molecule has 0 radical (unpaired) electrons. The van der Waals surface area contributed by atoms with Crippen LogP contribution in [0.4, 0.5) is 0 Å². The van der Waals surface area contributed by atoms with Gasteiger partial charge in [0.1, 0.15) is 0 Å². The minimum Gasteiger partial charge on any atom is -0.355 e. The smallest absolute Gasteiger partial charge is 0.237 e. The third-order valence-electron chi connectivity index (χ3n) is 2.40. The molecule has 1 aromatic rings. The van der Waals surface area contributed by atoms with E-state index in [9.17, 15) is 4.79 Å². The van der Waals surface area contributed by atoms with Crippen LogP contribution in [0.5, 0.6) is 0 Å². The molecule has 1 aromatic carbocycles. The van der Waals surface area contributed by atoms with Gasteiger partial charge in [-0.25, -0.2) is 0 Å². The van der Waals surface area contributed by atoms with Crippen molar-refractivity contribution in [3.8, 4) is 6.07 Å². The van der Waals surface area contributed by atoms with Crippen LogP contribution < -0.4 is 11.1 Å². The summed E-state index contributed by atoms with van der Waals surface area (Å²) in [5, 5.41) is 11.1. The van der Waals surface area contributed by atoms with E-state index in [1.807, 2.05) is 36.4 Å². The van der Waals surface area contributed by atoms with Crippen molar-refractivity contribution < 1.29 is 4.79 Å². The van der Waals surface area contributed by atoms with Gasteiger partial charge < -0.3 is 11.1 Å². The number of rotatable bonds is 6. The highest BCUT2D eigenvalue weighted by molar-refractivity contribution is 5.81. The minimum atomic E-state index is -0.528. The first kappa shape index (κ1) is 13.2. The predicted molar refractivity (Wildman–Crippen MR) is 66.0 cm³/mol. The van der Waals surface area contributed by atoms with Crippen LogP contribution in [0.3, 0.4) is 0 Å². The van der Waals surface area contributed by atoms with Gasteiger partial charge in [0.05, 0.1) is 12.1 Å². The van der Waals surface area contributed by atoms with Gasteiger partial charge in [0.15, 0.2) is 0 Å². The van der Waals surface area contributed by atoms with Crippen molar-refractivity contribution >= 4 is 5.91 Å². The van der Waals surface area contributed by atoms with Crippen LogP contribution in [-0.4, -0.2) is 18.5 Å². The molecular formula is C13H17N3O. The van der Waals surface area contributed by atoms with Crippen LogP contribution in [0, 0.1) is 11.3 Å². The molecule has 90 valence electrons. The normalized spacial score (nSPS) is 11.5. The van der Waals surface area contributed by atoms with E-state index in [0.717, 1.165) is 5.56 Å². The highest BCUT2D eigenvalue weighted by Crippen LogP contribution is 2.01. The Morgan fingerprint density at radius 1 is 1.41 bits per heavy atom. The third kappa shape index (κ3) is 5.14. The van der Waals surface area contributed by atoms with E-state index in [-0.39, 0.29) is 5.91 Å². The maximum atomic E-state index is 11.6. The van der Waals surface area contributed by atoms with Gasteiger partial charge in [-0.3, -0.25) is 4.79 Å². The fourth-order valence-electron chi connectivity index (χ4n) is 1.47. The highest BCUT2D eigenvalue weighted by atomic mass is 16.2. The zero-order chi connectivity index (χ0) is 12.5. The Bertz CT molecular complexity index is 383. The molecule has 4 heteroatoms. The molecule has 0 aromatic heterocycles. The first-order chi connectivity index (χ1) is 8.24. The lowest BCUT2D eigenvalue weighted by Crippen LogP contribution is -2.42. The van der Waals surface area contributed by atoms with Crippen molar-refractivity contribution in [2.24, 2.45) is 5.73 Å². The second kappa shape index (κ2) is 7.42. The Morgan fingerprint density at radius 2 is 2.12 bits per heavy atom. The van der Waals surface area contributed by atoms with Gasteiger partial charge in [0, 0.05) is 13.0 Å². The van der Waals surface area contributed by atoms with E-state index in [0.29, 0.717) is 25.8 Å². The summed E-state index contributed by atoms with van der Waals surface area (Å²) < 4.78 is 0. The molecule has 0 unspecified atom stereocenters. The summed E-state index contributed by atoms with van der Waals surface area (Å²) in [5.41, 5.74) is 6.84. The second-order valence-electron chi connectivity index (χ2n) is 3.85. The summed E-state index contributed by atoms with van der Waals surface area (Å²) in [6.45, 7) is 0.509. The predicted octanol–water partition coefficient (Wildman–Crippen LogP) is 0.976. The summed E-state index contributed by atoms with van der Waals surface area (Å²) in [4.78, 5) is 11.6. The molecule has 0 fully saturated rings. The van der Waals surface area contributed by atoms with Crippen molar-refractivity contribution in [1.82, 2.24) is 5.32 Å². The molecule has 0 saturated heterocycles. The SMILES string of the molecule is N#CCCCNC(=O)[C@H](N)Cc1ccccc1. The van der Waals surface area contributed by atoms with Crippen LogP contribution in [0.1, 0.15) is 18.4 Å². The minimum absolute atomic E-state index is 0.160. The number of amides is 1. The van der Waals surface area contributed by atoms with Crippen LogP contribution in [0.2, 0.25) is 0 Å². The zero-order valence-corrected chi connectivity index (χ0v) is 9.73. The highest BCUT2D eigenvalue weighted by Gasteiger charge is 2.12. The van der Waals surface area contributed by atoms with Crippen molar-refractivity contribution in [1.29, 1.82) is 5.26 Å². The number of nitrogens with one attached hydrogen (secondary N) is 1. The topological polar surface area (TPSA) is 78.9 Å². The van der Waals surface area contributed by atoms with E-state index in [1.54, 1.807) is 0 Å². The molecule has 0 bridgehead atoms. The van der Waals surface area contributed by atoms with Gasteiger partial charge in [-0.2, -0.15) is 5.26 Å². The lowest BCUT2D eigenvalue weighted by molar-refractivity contribution is -0.122. The van der Waals surface area contributed by atoms with Crippen LogP contribution in [0.15, 0.2) is 30.3 Å². The maximum absolute atomic E-state index is 11.6. The fourth-order valence-corrected chi connectivity index (χ4v) is 1.47. The largest absolute Gasteiger partial charge is 0.355 e. The number of hydrogen-bond acceptors (Lipinski definition) is 3. The van der Waals surface area contributed by atoms with Gasteiger partial charge in [-0.15, -0.1) is 0 Å². The molecule has 0 heterocycles.